The Balaban J connectivity index is 1.51. The average Bonchev–Trinajstić information content (AvgIpc) is 2.60. The van der Waals surface area contributed by atoms with Crippen LogP contribution in [0.25, 0.3) is 0 Å². The maximum Gasteiger partial charge on any atom is 0.112 e. The van der Waals surface area contributed by atoms with E-state index in [2.05, 4.69) is 69.4 Å². The van der Waals surface area contributed by atoms with Crippen molar-refractivity contribution in [1.29, 1.82) is 0 Å². The van der Waals surface area contributed by atoms with Crippen LogP contribution in [-0.4, -0.2) is 23.1 Å². The van der Waals surface area contributed by atoms with Gasteiger partial charge in [-0.1, -0.05) is 48.5 Å². The van der Waals surface area contributed by atoms with Crippen molar-refractivity contribution in [1.82, 2.24) is 20.9 Å². The van der Waals surface area contributed by atoms with Crippen molar-refractivity contribution >= 4 is 0 Å². The second kappa shape index (κ2) is 4.89. The van der Waals surface area contributed by atoms with Crippen LogP contribution in [0.2, 0.25) is 0 Å². The van der Waals surface area contributed by atoms with E-state index in [0.29, 0.717) is 0 Å². The average molecular weight is 292 g/mol. The molecule has 0 saturated carbocycles. The zero-order valence-electron chi connectivity index (χ0n) is 12.5. The van der Waals surface area contributed by atoms with E-state index >= 15 is 0 Å². The number of nitrogens with zero attached hydrogens (tertiary/aromatic N) is 2. The van der Waals surface area contributed by atoms with Crippen molar-refractivity contribution in [3.8, 4) is 0 Å². The van der Waals surface area contributed by atoms with Crippen molar-refractivity contribution in [2.75, 3.05) is 13.1 Å². The summed E-state index contributed by atoms with van der Waals surface area (Å²) in [5, 5.41) is 4.73. The van der Waals surface area contributed by atoms with Crippen molar-refractivity contribution in [3.05, 3.63) is 70.8 Å². The molecule has 0 aromatic heterocycles. The van der Waals surface area contributed by atoms with Crippen LogP contribution >= 0.6 is 0 Å². The number of nitrogens with one attached hydrogen (secondary N) is 2. The Labute approximate surface area is 130 Å². The highest BCUT2D eigenvalue weighted by Gasteiger charge is 2.39. The molecule has 2 aromatic rings. The SMILES string of the molecule is c1ccc2c(c1)CCN1NC3c4ccccc4CCN3NC21. The molecule has 4 nitrogen and oxygen atoms in total. The number of benzene rings is 2. The van der Waals surface area contributed by atoms with Gasteiger partial charge in [-0.3, -0.25) is 0 Å². The number of rotatable bonds is 0. The molecule has 0 amide bonds. The summed E-state index contributed by atoms with van der Waals surface area (Å²) in [5.41, 5.74) is 13.2. The van der Waals surface area contributed by atoms with Gasteiger partial charge in [0, 0.05) is 13.1 Å². The lowest BCUT2D eigenvalue weighted by Crippen LogP contribution is -2.66. The number of hydrogen-bond acceptors (Lipinski definition) is 4. The Morgan fingerprint density at radius 1 is 0.682 bits per heavy atom. The second-order valence-electron chi connectivity index (χ2n) is 6.35. The normalized spacial score (nSPS) is 27.5. The zero-order valence-corrected chi connectivity index (χ0v) is 12.5. The summed E-state index contributed by atoms with van der Waals surface area (Å²) in [4.78, 5) is 0. The summed E-state index contributed by atoms with van der Waals surface area (Å²) < 4.78 is 0. The molecule has 5 rings (SSSR count). The molecule has 22 heavy (non-hydrogen) atoms. The third-order valence-electron chi connectivity index (χ3n) is 5.14. The van der Waals surface area contributed by atoms with E-state index in [0.717, 1.165) is 25.9 Å². The van der Waals surface area contributed by atoms with Crippen molar-refractivity contribution in [3.63, 3.8) is 0 Å². The molecule has 112 valence electrons. The van der Waals surface area contributed by atoms with Crippen LogP contribution in [0.1, 0.15) is 34.6 Å². The monoisotopic (exact) mass is 292 g/mol. The van der Waals surface area contributed by atoms with E-state index in [1.807, 2.05) is 0 Å². The third kappa shape index (κ3) is 1.85. The number of hydrogen-bond donors (Lipinski definition) is 2. The highest BCUT2D eigenvalue weighted by molar-refractivity contribution is 5.35. The van der Waals surface area contributed by atoms with Gasteiger partial charge >= 0.3 is 0 Å². The molecular weight excluding hydrogens is 272 g/mol. The van der Waals surface area contributed by atoms with E-state index in [1.54, 1.807) is 0 Å². The Kier molecular flexibility index (Phi) is 2.85. The highest BCUT2D eigenvalue weighted by Crippen LogP contribution is 2.35. The highest BCUT2D eigenvalue weighted by atomic mass is 15.8. The molecule has 3 heterocycles. The molecule has 2 N–H and O–H groups in total. The fourth-order valence-corrected chi connectivity index (χ4v) is 4.00. The summed E-state index contributed by atoms with van der Waals surface area (Å²) >= 11 is 0. The first-order valence-corrected chi connectivity index (χ1v) is 8.11. The van der Waals surface area contributed by atoms with Gasteiger partial charge in [0.05, 0.1) is 0 Å². The zero-order chi connectivity index (χ0) is 14.5. The van der Waals surface area contributed by atoms with Crippen LogP contribution in [0.3, 0.4) is 0 Å². The summed E-state index contributed by atoms with van der Waals surface area (Å²) in [6.07, 6.45) is 2.70. The molecular formula is C18H20N4. The van der Waals surface area contributed by atoms with E-state index in [1.165, 1.54) is 22.3 Å². The van der Waals surface area contributed by atoms with Gasteiger partial charge in [-0.05, 0) is 35.1 Å². The third-order valence-corrected chi connectivity index (χ3v) is 5.14. The smallest absolute Gasteiger partial charge is 0.112 e. The summed E-state index contributed by atoms with van der Waals surface area (Å²) in [6, 6.07) is 17.6. The van der Waals surface area contributed by atoms with E-state index < -0.39 is 0 Å². The summed E-state index contributed by atoms with van der Waals surface area (Å²) in [5.74, 6) is 0. The minimum absolute atomic E-state index is 0.242. The van der Waals surface area contributed by atoms with Crippen LogP contribution in [0, 0.1) is 0 Å². The molecule has 1 fully saturated rings. The van der Waals surface area contributed by atoms with Gasteiger partial charge in [0.2, 0.25) is 0 Å². The number of hydrazine groups is 2. The van der Waals surface area contributed by atoms with E-state index in [-0.39, 0.29) is 12.3 Å². The lowest BCUT2D eigenvalue weighted by molar-refractivity contribution is -0.103. The van der Waals surface area contributed by atoms with Gasteiger partial charge < -0.3 is 0 Å². The van der Waals surface area contributed by atoms with Crippen LogP contribution < -0.4 is 10.9 Å². The molecule has 0 spiro atoms. The first kappa shape index (κ1) is 12.8. The van der Waals surface area contributed by atoms with E-state index in [4.69, 9.17) is 0 Å². The van der Waals surface area contributed by atoms with Crippen LogP contribution in [0.4, 0.5) is 0 Å². The van der Waals surface area contributed by atoms with Crippen LogP contribution in [-0.2, 0) is 12.8 Å². The molecule has 2 unspecified atom stereocenters. The van der Waals surface area contributed by atoms with Gasteiger partial charge in [-0.2, -0.15) is 0 Å². The largest absolute Gasteiger partial charge is 0.231 e. The van der Waals surface area contributed by atoms with Crippen LogP contribution in [0.5, 0.6) is 0 Å². The fourth-order valence-electron chi connectivity index (χ4n) is 4.00. The molecule has 3 aliphatic heterocycles. The van der Waals surface area contributed by atoms with Gasteiger partial charge in [-0.15, -0.1) is 0 Å². The van der Waals surface area contributed by atoms with Crippen molar-refractivity contribution < 1.29 is 0 Å². The molecule has 0 bridgehead atoms. The molecule has 3 aliphatic rings. The quantitative estimate of drug-likeness (QED) is 0.779. The minimum atomic E-state index is 0.242. The Morgan fingerprint density at radius 3 is 1.64 bits per heavy atom. The summed E-state index contributed by atoms with van der Waals surface area (Å²) in [6.45, 7) is 2.09. The maximum absolute atomic E-state index is 3.75. The number of fused-ring (bicyclic) bond motifs is 6. The van der Waals surface area contributed by atoms with Crippen molar-refractivity contribution in [2.45, 2.75) is 25.2 Å². The lowest BCUT2D eigenvalue weighted by atomic mass is 9.95. The Hall–Kier alpha value is -1.72. The first-order valence-electron chi connectivity index (χ1n) is 8.11. The first-order chi connectivity index (χ1) is 10.9. The molecule has 0 radical (unpaired) electrons. The summed E-state index contributed by atoms with van der Waals surface area (Å²) in [7, 11) is 0. The second-order valence-corrected chi connectivity index (χ2v) is 6.35. The standard InChI is InChI=1S/C18H20N4/c1-3-7-15-13(5-1)9-11-21-17(15)19-22-12-10-14-6-2-4-8-16(14)18(22)20-21/h1-8,17-20H,9-12H2. The Bertz CT molecular complexity index is 652. The molecule has 1 saturated heterocycles. The van der Waals surface area contributed by atoms with Gasteiger partial charge in [0.15, 0.2) is 0 Å². The topological polar surface area (TPSA) is 30.5 Å². The van der Waals surface area contributed by atoms with Gasteiger partial charge in [0.1, 0.15) is 12.3 Å². The van der Waals surface area contributed by atoms with Crippen molar-refractivity contribution in [2.24, 2.45) is 0 Å². The van der Waals surface area contributed by atoms with Crippen LogP contribution in [0.15, 0.2) is 48.5 Å². The molecule has 2 aromatic carbocycles. The van der Waals surface area contributed by atoms with E-state index in [9.17, 15) is 0 Å². The van der Waals surface area contributed by atoms with Gasteiger partial charge in [-0.25, -0.2) is 20.9 Å². The molecule has 2 atom stereocenters. The minimum Gasteiger partial charge on any atom is -0.231 e. The molecule has 4 heteroatoms. The maximum atomic E-state index is 3.75. The molecule has 0 aliphatic carbocycles. The Morgan fingerprint density at radius 2 is 1.14 bits per heavy atom. The van der Waals surface area contributed by atoms with Gasteiger partial charge in [0.25, 0.3) is 0 Å². The fraction of sp³-hybridized carbons (Fsp3) is 0.333. The predicted octanol–water partition coefficient (Wildman–Crippen LogP) is 2.12. The predicted molar refractivity (Wildman–Crippen MR) is 85.5 cm³/mol. The lowest BCUT2D eigenvalue weighted by Gasteiger charge is -2.51.